The van der Waals surface area contributed by atoms with E-state index in [1.165, 1.54) is 0 Å². The number of alkyl halides is 3. The maximum absolute atomic E-state index is 13.9. The lowest BCUT2D eigenvalue weighted by Gasteiger charge is -2.24. The summed E-state index contributed by atoms with van der Waals surface area (Å²) < 4.78 is 52.6. The Kier molecular flexibility index (Phi) is 3.47. The van der Waals surface area contributed by atoms with Gasteiger partial charge in [0.25, 0.3) is 0 Å². The number of rotatable bonds is 1. The molecule has 1 aromatic carbocycles. The number of halogens is 5. The molecule has 8 heteroatoms. The molecule has 2 N–H and O–H groups in total. The molecule has 118 valence electrons. The average Bonchev–Trinajstić information content (AvgIpc) is 2.79. The second-order valence-electron chi connectivity index (χ2n) is 5.34. The summed E-state index contributed by atoms with van der Waals surface area (Å²) in [4.78, 5) is 14.0. The van der Waals surface area contributed by atoms with Gasteiger partial charge in [0, 0.05) is 11.1 Å². The zero-order valence-electron chi connectivity index (χ0n) is 11.0. The number of aromatic nitrogens is 1. The first-order valence-corrected chi connectivity index (χ1v) is 7.31. The topological polar surface area (TPSA) is 53.1 Å². The number of hydrogen-bond donors (Lipinski definition) is 2. The van der Waals surface area contributed by atoms with E-state index in [4.69, 9.17) is 5.11 Å². The Labute approximate surface area is 130 Å². The smallest absolute Gasteiger partial charge is 0.392 e. The van der Waals surface area contributed by atoms with Gasteiger partial charge in [0.15, 0.2) is 0 Å². The monoisotopic (exact) mass is 379 g/mol. The molecule has 0 amide bonds. The zero-order chi connectivity index (χ0) is 16.2. The molecule has 0 fully saturated rings. The second kappa shape index (κ2) is 4.97. The molecule has 1 aliphatic carbocycles. The first-order valence-electron chi connectivity index (χ1n) is 6.51. The largest absolute Gasteiger partial charge is 0.478 e. The minimum atomic E-state index is -4.30. The number of carbonyl (C=O) groups is 1. The fourth-order valence-electron chi connectivity index (χ4n) is 2.98. The van der Waals surface area contributed by atoms with Gasteiger partial charge in [-0.05, 0) is 46.8 Å². The van der Waals surface area contributed by atoms with Crippen LogP contribution >= 0.6 is 15.9 Å². The Morgan fingerprint density at radius 3 is 2.68 bits per heavy atom. The van der Waals surface area contributed by atoms with Gasteiger partial charge in [0.05, 0.1) is 21.5 Å². The van der Waals surface area contributed by atoms with Crippen LogP contribution in [0.15, 0.2) is 10.5 Å². The molecule has 0 aliphatic heterocycles. The third-order valence-electron chi connectivity index (χ3n) is 4.05. The van der Waals surface area contributed by atoms with Crippen molar-refractivity contribution in [3.8, 4) is 0 Å². The molecular weight excluding hydrogens is 370 g/mol. The Balaban J connectivity index is 2.22. The highest BCUT2D eigenvalue weighted by atomic mass is 79.9. The molecular formula is C14H10BrF4NO2. The number of H-pyrrole nitrogens is 1. The van der Waals surface area contributed by atoms with E-state index in [0.29, 0.717) is 16.6 Å². The van der Waals surface area contributed by atoms with Crippen LogP contribution in [0.5, 0.6) is 0 Å². The Morgan fingerprint density at radius 2 is 2.09 bits per heavy atom. The van der Waals surface area contributed by atoms with Gasteiger partial charge in [0.1, 0.15) is 5.82 Å². The summed E-state index contributed by atoms with van der Waals surface area (Å²) in [6, 6.07) is 0.859. The quantitative estimate of drug-likeness (QED) is 0.719. The fourth-order valence-corrected chi connectivity index (χ4v) is 3.53. The van der Waals surface area contributed by atoms with Crippen LogP contribution in [0.2, 0.25) is 0 Å². The van der Waals surface area contributed by atoms with Crippen molar-refractivity contribution in [2.45, 2.75) is 25.4 Å². The molecule has 0 saturated carbocycles. The minimum Gasteiger partial charge on any atom is -0.478 e. The molecule has 0 spiro atoms. The predicted octanol–water partition coefficient (Wildman–Crippen LogP) is 4.43. The van der Waals surface area contributed by atoms with Crippen molar-refractivity contribution in [3.63, 3.8) is 0 Å². The molecule has 2 aromatic rings. The number of carboxylic acids is 1. The normalized spacial score (nSPS) is 18.5. The number of aromatic carboxylic acids is 1. The third-order valence-corrected chi connectivity index (χ3v) is 4.82. The Hall–Kier alpha value is -1.57. The molecule has 0 radical (unpaired) electrons. The minimum absolute atomic E-state index is 0.0791. The fraction of sp³-hybridized carbons (Fsp3) is 0.357. The van der Waals surface area contributed by atoms with Crippen molar-refractivity contribution in [3.05, 3.63) is 33.2 Å². The van der Waals surface area contributed by atoms with Crippen molar-refractivity contribution in [1.82, 2.24) is 4.98 Å². The highest BCUT2D eigenvalue weighted by Gasteiger charge is 2.42. The van der Waals surface area contributed by atoms with Crippen LogP contribution in [0, 0.1) is 11.7 Å². The van der Waals surface area contributed by atoms with Crippen molar-refractivity contribution in [2.75, 3.05) is 0 Å². The average molecular weight is 380 g/mol. The van der Waals surface area contributed by atoms with Crippen molar-refractivity contribution in [1.29, 1.82) is 0 Å². The van der Waals surface area contributed by atoms with Gasteiger partial charge in [-0.1, -0.05) is 0 Å². The lowest BCUT2D eigenvalue weighted by molar-refractivity contribution is -0.177. The van der Waals surface area contributed by atoms with Crippen LogP contribution in [0.3, 0.4) is 0 Å². The van der Waals surface area contributed by atoms with E-state index in [2.05, 4.69) is 20.9 Å². The summed E-state index contributed by atoms with van der Waals surface area (Å²) in [5.41, 5.74) is 0.768. The number of fused-ring (bicyclic) bond motifs is 3. The number of nitrogens with one attached hydrogen (secondary N) is 1. The second-order valence-corrected chi connectivity index (χ2v) is 6.13. The van der Waals surface area contributed by atoms with Gasteiger partial charge >= 0.3 is 12.1 Å². The molecule has 1 aliphatic rings. The Bertz CT molecular complexity index is 781. The lowest BCUT2D eigenvalue weighted by atomic mass is 9.86. The third kappa shape index (κ3) is 2.29. The molecule has 3 rings (SSSR count). The van der Waals surface area contributed by atoms with E-state index in [-0.39, 0.29) is 34.8 Å². The molecule has 0 bridgehead atoms. The maximum Gasteiger partial charge on any atom is 0.392 e. The number of aromatic amines is 1. The van der Waals surface area contributed by atoms with Gasteiger partial charge in [0.2, 0.25) is 0 Å². The van der Waals surface area contributed by atoms with Gasteiger partial charge in [-0.25, -0.2) is 9.18 Å². The van der Waals surface area contributed by atoms with Crippen LogP contribution in [0.4, 0.5) is 17.6 Å². The first-order chi connectivity index (χ1) is 10.2. The molecule has 1 unspecified atom stereocenters. The number of hydrogen-bond acceptors (Lipinski definition) is 1. The summed E-state index contributed by atoms with van der Waals surface area (Å²) in [6.07, 6.45) is -4.51. The number of aryl methyl sites for hydroxylation is 1. The summed E-state index contributed by atoms with van der Waals surface area (Å²) in [6.45, 7) is 0. The molecule has 1 atom stereocenters. The van der Waals surface area contributed by atoms with Gasteiger partial charge in [-0.15, -0.1) is 0 Å². The van der Waals surface area contributed by atoms with Crippen LogP contribution in [-0.2, 0) is 12.8 Å². The van der Waals surface area contributed by atoms with Crippen LogP contribution in [0.25, 0.3) is 10.9 Å². The van der Waals surface area contributed by atoms with Crippen LogP contribution in [0.1, 0.15) is 28.0 Å². The summed E-state index contributed by atoms with van der Waals surface area (Å²) >= 11 is 3.07. The van der Waals surface area contributed by atoms with Crippen molar-refractivity contribution < 1.29 is 27.5 Å². The van der Waals surface area contributed by atoms with E-state index in [9.17, 15) is 22.4 Å². The molecule has 1 aromatic heterocycles. The molecule has 1 heterocycles. The highest BCUT2D eigenvalue weighted by molar-refractivity contribution is 9.10. The Morgan fingerprint density at radius 1 is 1.41 bits per heavy atom. The van der Waals surface area contributed by atoms with Crippen LogP contribution in [-0.4, -0.2) is 22.2 Å². The molecule has 3 nitrogen and oxygen atoms in total. The predicted molar refractivity (Wildman–Crippen MR) is 74.5 cm³/mol. The van der Waals surface area contributed by atoms with Crippen molar-refractivity contribution >= 4 is 32.8 Å². The van der Waals surface area contributed by atoms with Gasteiger partial charge < -0.3 is 10.1 Å². The van der Waals surface area contributed by atoms with E-state index >= 15 is 0 Å². The highest BCUT2D eigenvalue weighted by Crippen LogP contribution is 2.42. The SMILES string of the molecule is O=C(O)c1cc(F)c(Br)c2c3c([nH]c12)CC(C(F)(F)F)CC3. The lowest BCUT2D eigenvalue weighted by Crippen LogP contribution is -2.28. The first kappa shape index (κ1) is 15.3. The van der Waals surface area contributed by atoms with E-state index < -0.39 is 23.9 Å². The van der Waals surface area contributed by atoms with E-state index in [0.717, 1.165) is 6.07 Å². The summed E-state index contributed by atoms with van der Waals surface area (Å²) in [7, 11) is 0. The zero-order valence-corrected chi connectivity index (χ0v) is 12.6. The van der Waals surface area contributed by atoms with Crippen LogP contribution < -0.4 is 0 Å². The molecule has 0 saturated heterocycles. The number of carboxylic acid groups (broad SMARTS) is 1. The standard InChI is InChI=1S/C14H10BrF4NO2/c15-11-8(16)4-7(13(21)22)12-10(11)6-2-1-5(14(17,18)19)3-9(6)20-12/h4-5,20H,1-3H2,(H,21,22). The van der Waals surface area contributed by atoms with E-state index in [1.807, 2.05) is 0 Å². The number of benzene rings is 1. The summed E-state index contributed by atoms with van der Waals surface area (Å²) in [5.74, 6) is -3.54. The van der Waals surface area contributed by atoms with E-state index in [1.54, 1.807) is 0 Å². The summed E-state index contributed by atoms with van der Waals surface area (Å²) in [5, 5.41) is 9.49. The van der Waals surface area contributed by atoms with Crippen molar-refractivity contribution in [2.24, 2.45) is 5.92 Å². The van der Waals surface area contributed by atoms with Gasteiger partial charge in [-0.2, -0.15) is 13.2 Å². The molecule has 22 heavy (non-hydrogen) atoms. The van der Waals surface area contributed by atoms with Gasteiger partial charge in [-0.3, -0.25) is 0 Å². The maximum atomic E-state index is 13.9.